The van der Waals surface area contributed by atoms with E-state index in [0.29, 0.717) is 33.6 Å². The summed E-state index contributed by atoms with van der Waals surface area (Å²) in [5.41, 5.74) is 4.42. The van der Waals surface area contributed by atoms with Gasteiger partial charge in [0.05, 0.1) is 5.69 Å². The van der Waals surface area contributed by atoms with Crippen molar-refractivity contribution in [1.29, 1.82) is 0 Å². The summed E-state index contributed by atoms with van der Waals surface area (Å²) in [5.74, 6) is 0. The Morgan fingerprint density at radius 3 is 2.42 bits per heavy atom. The molecule has 5 heteroatoms. The Bertz CT molecular complexity index is 1640. The van der Waals surface area contributed by atoms with Crippen LogP contribution >= 0.6 is 0 Å². The molecule has 0 aliphatic rings. The van der Waals surface area contributed by atoms with Crippen molar-refractivity contribution in [3.63, 3.8) is 0 Å². The van der Waals surface area contributed by atoms with Crippen molar-refractivity contribution >= 4 is 35.6 Å². The second-order valence-electron chi connectivity index (χ2n) is 8.59. The molecule has 0 atom stereocenters. The fourth-order valence-corrected chi connectivity index (χ4v) is 4.49. The summed E-state index contributed by atoms with van der Waals surface area (Å²) < 4.78 is 53.5. The molecule has 5 aromatic rings. The van der Waals surface area contributed by atoms with Gasteiger partial charge in [0, 0.05) is 30.9 Å². The molecule has 0 N–H and O–H groups in total. The molecule has 0 amide bonds. The topological polar surface area (TPSA) is 51.8 Å². The van der Waals surface area contributed by atoms with Crippen LogP contribution in [0.5, 0.6) is 0 Å². The number of aryl methyl sites for hydroxylation is 2. The SMILES string of the molecule is [2H]C([2H])([2H])c1cnc(-c2cccc3c2oc2c(-c4ccccc4)nc([Si](C)(C)C)nc23)cc1C([2H])([2H])[2H]. The maximum Gasteiger partial charge on any atom is 0.180 e. The summed E-state index contributed by atoms with van der Waals surface area (Å²) in [5, 5.41) is 0.753. The Morgan fingerprint density at radius 2 is 1.68 bits per heavy atom. The Balaban J connectivity index is 1.82. The number of hydrogen-bond acceptors (Lipinski definition) is 4. The molecule has 154 valence electrons. The van der Waals surface area contributed by atoms with Crippen LogP contribution in [0.4, 0.5) is 0 Å². The number of aromatic nitrogens is 3. The average Bonchev–Trinajstić information content (AvgIpc) is 3.21. The van der Waals surface area contributed by atoms with E-state index < -0.39 is 21.8 Å². The van der Waals surface area contributed by atoms with E-state index in [1.807, 2.05) is 42.5 Å². The van der Waals surface area contributed by atoms with Gasteiger partial charge in [-0.15, -0.1) is 0 Å². The average molecular weight is 430 g/mol. The van der Waals surface area contributed by atoms with E-state index in [4.69, 9.17) is 22.6 Å². The van der Waals surface area contributed by atoms with E-state index in [-0.39, 0.29) is 11.1 Å². The number of furan rings is 1. The smallest absolute Gasteiger partial charge is 0.180 e. The van der Waals surface area contributed by atoms with Crippen molar-refractivity contribution in [2.75, 3.05) is 0 Å². The standard InChI is InChI=1S/C26H25N3OSi/c1-16-14-21(27-15-17(16)2)19-12-9-13-20-23-25(30-24(19)20)22(18-10-7-6-8-11-18)28-26(29-23)31(3,4)5/h6-15H,1-5H3/i1D3,2D3. The second kappa shape index (κ2) is 7.13. The van der Waals surface area contributed by atoms with Crippen molar-refractivity contribution in [1.82, 2.24) is 15.0 Å². The van der Waals surface area contributed by atoms with Gasteiger partial charge in [-0.05, 0) is 43.0 Å². The molecule has 0 unspecified atom stereocenters. The molecular formula is C26H25N3OSi. The molecule has 5 rings (SSSR count). The molecule has 3 aromatic heterocycles. The van der Waals surface area contributed by atoms with Gasteiger partial charge >= 0.3 is 0 Å². The van der Waals surface area contributed by atoms with Gasteiger partial charge in [0.1, 0.15) is 30.3 Å². The van der Waals surface area contributed by atoms with Crippen LogP contribution in [0.25, 0.3) is 44.6 Å². The number of nitrogens with zero attached hydrogens (tertiary/aromatic N) is 3. The number of pyridine rings is 1. The molecule has 0 aliphatic heterocycles. The highest BCUT2D eigenvalue weighted by Gasteiger charge is 2.26. The zero-order valence-corrected chi connectivity index (χ0v) is 18.5. The largest absolute Gasteiger partial charge is 0.451 e. The lowest BCUT2D eigenvalue weighted by atomic mass is 10.0. The van der Waals surface area contributed by atoms with Crippen molar-refractivity contribution in [2.45, 2.75) is 33.3 Å². The minimum Gasteiger partial charge on any atom is -0.451 e. The van der Waals surface area contributed by atoms with Gasteiger partial charge in [-0.2, -0.15) is 0 Å². The predicted molar refractivity (Wildman–Crippen MR) is 130 cm³/mol. The van der Waals surface area contributed by atoms with E-state index >= 15 is 0 Å². The monoisotopic (exact) mass is 429 g/mol. The van der Waals surface area contributed by atoms with E-state index in [1.54, 1.807) is 6.07 Å². The van der Waals surface area contributed by atoms with Crippen LogP contribution in [0.1, 0.15) is 19.4 Å². The maximum absolute atomic E-state index is 7.93. The lowest BCUT2D eigenvalue weighted by Gasteiger charge is -2.15. The van der Waals surface area contributed by atoms with Gasteiger partial charge < -0.3 is 4.42 Å². The number of hydrogen-bond donors (Lipinski definition) is 0. The van der Waals surface area contributed by atoms with E-state index in [1.165, 1.54) is 6.07 Å². The zero-order valence-electron chi connectivity index (χ0n) is 23.5. The first-order valence-electron chi connectivity index (χ1n) is 13.1. The van der Waals surface area contributed by atoms with Crippen LogP contribution in [-0.2, 0) is 0 Å². The molecule has 4 nitrogen and oxygen atoms in total. The zero-order chi connectivity index (χ0) is 26.8. The van der Waals surface area contributed by atoms with Gasteiger partial charge in [-0.3, -0.25) is 4.98 Å². The summed E-state index contributed by atoms with van der Waals surface area (Å²) in [6, 6.07) is 16.6. The molecular weight excluding hydrogens is 398 g/mol. The number of fused-ring (bicyclic) bond motifs is 3. The minimum atomic E-state index is -2.62. The molecule has 0 aliphatic carbocycles. The van der Waals surface area contributed by atoms with Crippen LogP contribution in [0.3, 0.4) is 0 Å². The van der Waals surface area contributed by atoms with Gasteiger partial charge in [0.15, 0.2) is 5.58 Å². The fourth-order valence-electron chi connectivity index (χ4n) is 3.60. The molecule has 0 saturated carbocycles. The predicted octanol–water partition coefficient (Wildman–Crippen LogP) is 6.27. The fraction of sp³-hybridized carbons (Fsp3) is 0.192. The number of rotatable bonds is 3. The third kappa shape index (κ3) is 3.35. The molecule has 31 heavy (non-hydrogen) atoms. The molecule has 0 saturated heterocycles. The normalized spacial score (nSPS) is 15.7. The summed E-state index contributed by atoms with van der Waals surface area (Å²) in [6.45, 7) is 1.33. The highest BCUT2D eigenvalue weighted by molar-refractivity contribution is 6.87. The Kier molecular flexibility index (Phi) is 3.19. The quantitative estimate of drug-likeness (QED) is 0.317. The first-order valence-corrected chi connectivity index (χ1v) is 13.6. The molecule has 0 spiro atoms. The van der Waals surface area contributed by atoms with E-state index in [0.717, 1.165) is 22.6 Å². The molecule has 0 fully saturated rings. The summed E-state index contributed by atoms with van der Waals surface area (Å²) >= 11 is 0. The summed E-state index contributed by atoms with van der Waals surface area (Å²) in [7, 11) is -1.90. The van der Waals surface area contributed by atoms with Crippen LogP contribution in [0, 0.1) is 13.7 Å². The van der Waals surface area contributed by atoms with Gasteiger partial charge in [-0.25, -0.2) is 9.97 Å². The van der Waals surface area contributed by atoms with Crippen molar-refractivity contribution in [3.05, 3.63) is 71.9 Å². The maximum atomic E-state index is 7.93. The first-order chi connectivity index (χ1) is 17.2. The van der Waals surface area contributed by atoms with Crippen LogP contribution < -0.4 is 5.45 Å². The third-order valence-corrected chi connectivity index (χ3v) is 6.80. The third-order valence-electron chi connectivity index (χ3n) is 5.24. The first kappa shape index (κ1) is 13.9. The molecule has 3 heterocycles. The highest BCUT2D eigenvalue weighted by Crippen LogP contribution is 2.37. The number of para-hydroxylation sites is 1. The number of benzene rings is 2. The molecule has 0 bridgehead atoms. The molecule has 2 aromatic carbocycles. The highest BCUT2D eigenvalue weighted by atomic mass is 28.3. The lowest BCUT2D eigenvalue weighted by molar-refractivity contribution is 0.668. The van der Waals surface area contributed by atoms with Crippen LogP contribution in [0.2, 0.25) is 19.6 Å². The minimum absolute atomic E-state index is 0.253. The second-order valence-corrected chi connectivity index (χ2v) is 13.5. The van der Waals surface area contributed by atoms with Crippen molar-refractivity contribution in [3.8, 4) is 22.5 Å². The Morgan fingerprint density at radius 1 is 0.871 bits per heavy atom. The molecule has 0 radical (unpaired) electrons. The van der Waals surface area contributed by atoms with E-state index in [9.17, 15) is 0 Å². The van der Waals surface area contributed by atoms with Crippen LogP contribution in [0.15, 0.2) is 65.2 Å². The Hall–Kier alpha value is -3.31. The Labute approximate surface area is 191 Å². The van der Waals surface area contributed by atoms with Crippen molar-refractivity contribution < 1.29 is 12.6 Å². The summed E-state index contributed by atoms with van der Waals surface area (Å²) in [6.07, 6.45) is 1.13. The van der Waals surface area contributed by atoms with E-state index in [2.05, 4.69) is 24.6 Å². The lowest BCUT2D eigenvalue weighted by Crippen LogP contribution is -2.42. The van der Waals surface area contributed by atoms with Gasteiger partial charge in [0.2, 0.25) is 0 Å². The van der Waals surface area contributed by atoms with Gasteiger partial charge in [0.25, 0.3) is 0 Å². The van der Waals surface area contributed by atoms with Crippen molar-refractivity contribution in [2.24, 2.45) is 0 Å². The van der Waals surface area contributed by atoms with Gasteiger partial charge in [-0.1, -0.05) is 56.0 Å². The summed E-state index contributed by atoms with van der Waals surface area (Å²) in [4.78, 5) is 14.2. The van der Waals surface area contributed by atoms with Crippen LogP contribution in [-0.4, -0.2) is 23.0 Å².